The van der Waals surface area contributed by atoms with Crippen LogP contribution in [0.3, 0.4) is 0 Å². The second-order valence-electron chi connectivity index (χ2n) is 3.35. The zero-order valence-electron chi connectivity index (χ0n) is 8.76. The van der Waals surface area contributed by atoms with E-state index in [1.54, 1.807) is 13.8 Å². The molecule has 0 rings (SSSR count). The van der Waals surface area contributed by atoms with E-state index in [9.17, 15) is 4.79 Å². The molecule has 0 heterocycles. The van der Waals surface area contributed by atoms with E-state index in [0.717, 1.165) is 0 Å². The van der Waals surface area contributed by atoms with Crippen LogP contribution >= 0.6 is 0 Å². The van der Waals surface area contributed by atoms with Crippen molar-refractivity contribution in [3.63, 3.8) is 0 Å². The lowest BCUT2D eigenvalue weighted by Gasteiger charge is -2.25. The number of ether oxygens (including phenoxy) is 1. The number of aliphatic hydroxyl groups excluding tert-OH is 1. The number of aliphatic hydroxyl groups is 1. The Hall–Kier alpha value is -0.610. The minimum atomic E-state index is -0.783. The molecule has 78 valence electrons. The van der Waals surface area contributed by atoms with Gasteiger partial charge in [0.05, 0.1) is 6.10 Å². The first-order valence-electron chi connectivity index (χ1n) is 4.47. The van der Waals surface area contributed by atoms with Gasteiger partial charge in [0.2, 0.25) is 0 Å². The number of nitrogens with one attached hydrogen (secondary N) is 1. The van der Waals surface area contributed by atoms with Crippen molar-refractivity contribution in [1.82, 2.24) is 5.32 Å². The SMILES string of the molecule is CCC(C)(OC)C(=O)NC[C@H](C)O. The number of rotatable bonds is 5. The Balaban J connectivity index is 4.07. The van der Waals surface area contributed by atoms with Crippen molar-refractivity contribution < 1.29 is 14.6 Å². The van der Waals surface area contributed by atoms with Gasteiger partial charge in [-0.15, -0.1) is 0 Å². The first-order chi connectivity index (χ1) is 5.96. The van der Waals surface area contributed by atoms with Gasteiger partial charge in [0, 0.05) is 13.7 Å². The maximum Gasteiger partial charge on any atom is 0.252 e. The van der Waals surface area contributed by atoms with Crippen LogP contribution in [0.25, 0.3) is 0 Å². The molecule has 0 aromatic rings. The summed E-state index contributed by atoms with van der Waals surface area (Å²) in [5, 5.41) is 11.6. The number of hydrogen-bond acceptors (Lipinski definition) is 3. The van der Waals surface area contributed by atoms with Crippen LogP contribution in [0, 0.1) is 0 Å². The lowest BCUT2D eigenvalue weighted by Crippen LogP contribution is -2.47. The van der Waals surface area contributed by atoms with Gasteiger partial charge in [0.15, 0.2) is 0 Å². The van der Waals surface area contributed by atoms with E-state index < -0.39 is 11.7 Å². The molecule has 4 heteroatoms. The second-order valence-corrected chi connectivity index (χ2v) is 3.35. The van der Waals surface area contributed by atoms with Gasteiger partial charge in [-0.2, -0.15) is 0 Å². The summed E-state index contributed by atoms with van der Waals surface area (Å²) in [5.41, 5.74) is -0.783. The third-order valence-corrected chi connectivity index (χ3v) is 2.16. The zero-order valence-corrected chi connectivity index (χ0v) is 8.76. The number of hydrogen-bond donors (Lipinski definition) is 2. The summed E-state index contributed by atoms with van der Waals surface area (Å²) in [4.78, 5) is 11.5. The van der Waals surface area contributed by atoms with E-state index in [1.165, 1.54) is 7.11 Å². The summed E-state index contributed by atoms with van der Waals surface area (Å²) < 4.78 is 5.09. The molecule has 0 aliphatic carbocycles. The lowest BCUT2D eigenvalue weighted by molar-refractivity contribution is -0.142. The summed E-state index contributed by atoms with van der Waals surface area (Å²) in [5.74, 6) is -0.182. The maximum atomic E-state index is 11.5. The molecule has 0 aliphatic rings. The molecule has 1 amide bonds. The monoisotopic (exact) mass is 189 g/mol. The van der Waals surface area contributed by atoms with Gasteiger partial charge in [0.1, 0.15) is 5.60 Å². The molecule has 1 unspecified atom stereocenters. The second kappa shape index (κ2) is 5.19. The van der Waals surface area contributed by atoms with Crippen molar-refractivity contribution in [3.05, 3.63) is 0 Å². The molecule has 0 aromatic heterocycles. The van der Waals surface area contributed by atoms with Crippen LogP contribution in [-0.2, 0) is 9.53 Å². The molecule has 0 saturated heterocycles. The number of methoxy groups -OCH3 is 1. The molecule has 0 bridgehead atoms. The van der Waals surface area contributed by atoms with E-state index in [2.05, 4.69) is 5.32 Å². The Labute approximate surface area is 79.3 Å². The van der Waals surface area contributed by atoms with Gasteiger partial charge in [-0.3, -0.25) is 4.79 Å². The Bertz CT molecular complexity index is 164. The van der Waals surface area contributed by atoms with Crippen LogP contribution in [0.5, 0.6) is 0 Å². The molecular formula is C9H19NO3. The average Bonchev–Trinajstić information content (AvgIpc) is 2.12. The Morgan fingerprint density at radius 3 is 2.54 bits per heavy atom. The first-order valence-corrected chi connectivity index (χ1v) is 4.47. The number of amides is 1. The summed E-state index contributed by atoms with van der Waals surface area (Å²) in [7, 11) is 1.51. The van der Waals surface area contributed by atoms with Gasteiger partial charge < -0.3 is 15.2 Å². The quantitative estimate of drug-likeness (QED) is 0.654. The van der Waals surface area contributed by atoms with Crippen molar-refractivity contribution in [2.45, 2.75) is 38.9 Å². The fourth-order valence-corrected chi connectivity index (χ4v) is 0.825. The number of carbonyl (C=O) groups is 1. The van der Waals surface area contributed by atoms with Gasteiger partial charge in [-0.05, 0) is 20.3 Å². The highest BCUT2D eigenvalue weighted by molar-refractivity contribution is 5.84. The fraction of sp³-hybridized carbons (Fsp3) is 0.889. The van der Waals surface area contributed by atoms with Crippen LogP contribution in [0.2, 0.25) is 0 Å². The predicted octanol–water partition coefficient (Wildman–Crippen LogP) is 0.299. The van der Waals surface area contributed by atoms with Crippen LogP contribution in [-0.4, -0.2) is 36.4 Å². The highest BCUT2D eigenvalue weighted by Gasteiger charge is 2.30. The first kappa shape index (κ1) is 12.4. The standard InChI is InChI=1S/C9H19NO3/c1-5-9(3,13-4)8(12)10-6-7(2)11/h7,11H,5-6H2,1-4H3,(H,10,12)/t7-,9?/m0/s1. The number of carbonyl (C=O) groups excluding carboxylic acids is 1. The summed E-state index contributed by atoms with van der Waals surface area (Å²) in [6, 6.07) is 0. The molecular weight excluding hydrogens is 170 g/mol. The van der Waals surface area contributed by atoms with Gasteiger partial charge in [-0.1, -0.05) is 6.92 Å². The van der Waals surface area contributed by atoms with E-state index in [4.69, 9.17) is 9.84 Å². The topological polar surface area (TPSA) is 58.6 Å². The lowest BCUT2D eigenvalue weighted by atomic mass is 10.0. The largest absolute Gasteiger partial charge is 0.392 e. The van der Waals surface area contributed by atoms with Crippen LogP contribution in [0.4, 0.5) is 0 Å². The highest BCUT2D eigenvalue weighted by atomic mass is 16.5. The van der Waals surface area contributed by atoms with Crippen molar-refractivity contribution in [3.8, 4) is 0 Å². The Morgan fingerprint density at radius 1 is 1.69 bits per heavy atom. The van der Waals surface area contributed by atoms with Crippen molar-refractivity contribution in [2.75, 3.05) is 13.7 Å². The summed E-state index contributed by atoms with van der Waals surface area (Å²) >= 11 is 0. The van der Waals surface area contributed by atoms with E-state index in [0.29, 0.717) is 6.42 Å². The summed E-state index contributed by atoms with van der Waals surface area (Å²) in [6.07, 6.45) is 0.0803. The maximum absolute atomic E-state index is 11.5. The third-order valence-electron chi connectivity index (χ3n) is 2.16. The fourth-order valence-electron chi connectivity index (χ4n) is 0.825. The van der Waals surface area contributed by atoms with E-state index in [-0.39, 0.29) is 12.5 Å². The van der Waals surface area contributed by atoms with E-state index in [1.807, 2.05) is 6.92 Å². The molecule has 13 heavy (non-hydrogen) atoms. The van der Waals surface area contributed by atoms with Crippen LogP contribution in [0.1, 0.15) is 27.2 Å². The Kier molecular flexibility index (Phi) is 4.95. The minimum Gasteiger partial charge on any atom is -0.392 e. The van der Waals surface area contributed by atoms with Crippen molar-refractivity contribution >= 4 is 5.91 Å². The zero-order chi connectivity index (χ0) is 10.5. The molecule has 4 nitrogen and oxygen atoms in total. The van der Waals surface area contributed by atoms with Crippen molar-refractivity contribution in [2.24, 2.45) is 0 Å². The average molecular weight is 189 g/mol. The minimum absolute atomic E-state index is 0.182. The molecule has 2 N–H and O–H groups in total. The highest BCUT2D eigenvalue weighted by Crippen LogP contribution is 2.13. The van der Waals surface area contributed by atoms with E-state index >= 15 is 0 Å². The summed E-state index contributed by atoms with van der Waals surface area (Å²) in [6.45, 7) is 5.49. The van der Waals surface area contributed by atoms with Crippen LogP contribution in [0.15, 0.2) is 0 Å². The van der Waals surface area contributed by atoms with Crippen molar-refractivity contribution in [1.29, 1.82) is 0 Å². The van der Waals surface area contributed by atoms with Crippen LogP contribution < -0.4 is 5.32 Å². The van der Waals surface area contributed by atoms with Gasteiger partial charge in [-0.25, -0.2) is 0 Å². The molecule has 0 aliphatic heterocycles. The molecule has 0 fully saturated rings. The molecule has 0 radical (unpaired) electrons. The molecule has 0 saturated carbocycles. The smallest absolute Gasteiger partial charge is 0.252 e. The molecule has 0 spiro atoms. The third kappa shape index (κ3) is 3.74. The predicted molar refractivity (Wildman–Crippen MR) is 50.4 cm³/mol. The Morgan fingerprint density at radius 2 is 2.23 bits per heavy atom. The van der Waals surface area contributed by atoms with Gasteiger partial charge in [0.25, 0.3) is 5.91 Å². The normalized spacial score (nSPS) is 17.6. The van der Waals surface area contributed by atoms with Gasteiger partial charge >= 0.3 is 0 Å². The molecule has 0 aromatic carbocycles. The molecule has 2 atom stereocenters.